The molecule has 0 unspecified atom stereocenters. The Hall–Kier alpha value is -1.42. The molecular formula is C16H13ClFN3Se. The van der Waals surface area contributed by atoms with Crippen LogP contribution >= 0.6 is 11.6 Å². The number of aryl methyl sites for hydroxylation is 2. The van der Waals surface area contributed by atoms with Crippen LogP contribution in [0.4, 0.5) is 10.2 Å². The molecule has 0 spiro atoms. The van der Waals surface area contributed by atoms with Gasteiger partial charge in [0, 0.05) is 0 Å². The third kappa shape index (κ3) is 2.24. The van der Waals surface area contributed by atoms with E-state index >= 15 is 0 Å². The molecule has 6 heteroatoms. The number of aromatic nitrogens is 2. The molecule has 0 fully saturated rings. The summed E-state index contributed by atoms with van der Waals surface area (Å²) in [5, 5.41) is 0.0713. The fraction of sp³-hybridized carbons (Fsp3) is 0.250. The average molecular weight is 381 g/mol. The number of hydrogen-bond acceptors (Lipinski definition) is 3. The maximum atomic E-state index is 13.3. The quantitative estimate of drug-likeness (QED) is 0.656. The van der Waals surface area contributed by atoms with Crippen molar-refractivity contribution in [1.82, 2.24) is 9.97 Å². The van der Waals surface area contributed by atoms with E-state index in [0.29, 0.717) is 17.2 Å². The summed E-state index contributed by atoms with van der Waals surface area (Å²) in [7, 11) is 0. The molecule has 0 saturated carbocycles. The first kappa shape index (κ1) is 14.2. The van der Waals surface area contributed by atoms with E-state index in [1.165, 1.54) is 28.9 Å². The molecule has 22 heavy (non-hydrogen) atoms. The standard InChI is InChI=1S/C16H13ClFN3Se/c17-10-7-8(5-6-11(10)18)16-20-13-9-3-1-2-4-12(9)22-14(13)15(19)21-16/h5-7H,1-4H2,(H2,19,20,21). The summed E-state index contributed by atoms with van der Waals surface area (Å²) >= 11 is 6.12. The summed E-state index contributed by atoms with van der Waals surface area (Å²) in [6.45, 7) is 0. The molecule has 1 aromatic carbocycles. The van der Waals surface area contributed by atoms with Crippen molar-refractivity contribution in [1.29, 1.82) is 0 Å². The molecule has 3 aromatic rings. The van der Waals surface area contributed by atoms with Crippen LogP contribution in [-0.2, 0) is 12.8 Å². The molecule has 0 aliphatic heterocycles. The van der Waals surface area contributed by atoms with E-state index in [4.69, 9.17) is 22.3 Å². The number of nitrogens with zero attached hydrogens (tertiary/aromatic N) is 2. The van der Waals surface area contributed by atoms with E-state index in [2.05, 4.69) is 4.98 Å². The Morgan fingerprint density at radius 3 is 2.82 bits per heavy atom. The van der Waals surface area contributed by atoms with Gasteiger partial charge < -0.3 is 0 Å². The van der Waals surface area contributed by atoms with Crippen LogP contribution in [0.2, 0.25) is 5.02 Å². The van der Waals surface area contributed by atoms with Crippen LogP contribution in [0.1, 0.15) is 22.8 Å². The van der Waals surface area contributed by atoms with Crippen molar-refractivity contribution in [2.24, 2.45) is 0 Å². The molecule has 0 bridgehead atoms. The van der Waals surface area contributed by atoms with Gasteiger partial charge in [0.25, 0.3) is 0 Å². The fourth-order valence-corrected chi connectivity index (χ4v) is 5.66. The average Bonchev–Trinajstić information content (AvgIpc) is 2.89. The van der Waals surface area contributed by atoms with Crippen LogP contribution in [0, 0.1) is 5.82 Å². The second-order valence-corrected chi connectivity index (χ2v) is 8.18. The van der Waals surface area contributed by atoms with Gasteiger partial charge >= 0.3 is 138 Å². The first-order chi connectivity index (χ1) is 10.6. The van der Waals surface area contributed by atoms with Crippen LogP contribution < -0.4 is 5.73 Å². The summed E-state index contributed by atoms with van der Waals surface area (Å²) in [5.74, 6) is 0.628. The first-order valence-electron chi connectivity index (χ1n) is 7.16. The summed E-state index contributed by atoms with van der Waals surface area (Å²) < 4.78 is 16.0. The van der Waals surface area contributed by atoms with Crippen molar-refractivity contribution < 1.29 is 4.39 Å². The molecule has 0 atom stereocenters. The number of halogens is 2. The van der Waals surface area contributed by atoms with E-state index in [9.17, 15) is 4.39 Å². The van der Waals surface area contributed by atoms with Gasteiger partial charge in [0.1, 0.15) is 0 Å². The predicted octanol–water partition coefficient (Wildman–Crippen LogP) is 3.61. The number of anilines is 1. The summed E-state index contributed by atoms with van der Waals surface area (Å²) in [6.07, 6.45) is 4.69. The van der Waals surface area contributed by atoms with Crippen molar-refractivity contribution in [3.05, 3.63) is 39.0 Å². The van der Waals surface area contributed by atoms with Crippen LogP contribution in [0.5, 0.6) is 0 Å². The maximum absolute atomic E-state index is 13.3. The Labute approximate surface area is 138 Å². The Kier molecular flexibility index (Phi) is 3.44. The molecule has 1 aliphatic carbocycles. The van der Waals surface area contributed by atoms with Crippen molar-refractivity contribution in [2.45, 2.75) is 25.7 Å². The van der Waals surface area contributed by atoms with Gasteiger partial charge in [0.2, 0.25) is 0 Å². The monoisotopic (exact) mass is 381 g/mol. The van der Waals surface area contributed by atoms with E-state index in [1.54, 1.807) is 12.1 Å². The second-order valence-electron chi connectivity index (χ2n) is 5.45. The van der Waals surface area contributed by atoms with E-state index in [0.717, 1.165) is 22.6 Å². The predicted molar refractivity (Wildman–Crippen MR) is 87.9 cm³/mol. The minimum absolute atomic E-state index is 0.0713. The van der Waals surface area contributed by atoms with Crippen molar-refractivity contribution in [3.63, 3.8) is 0 Å². The first-order valence-corrected chi connectivity index (χ1v) is 9.26. The summed E-state index contributed by atoms with van der Waals surface area (Å²) in [5.41, 5.74) is 9.23. The van der Waals surface area contributed by atoms with Gasteiger partial charge in [0.05, 0.1) is 0 Å². The molecule has 0 saturated heterocycles. The van der Waals surface area contributed by atoms with Gasteiger partial charge in [-0.15, -0.1) is 0 Å². The van der Waals surface area contributed by atoms with E-state index in [1.807, 2.05) is 0 Å². The van der Waals surface area contributed by atoms with Crippen LogP contribution in [0.25, 0.3) is 21.2 Å². The Morgan fingerprint density at radius 2 is 2.00 bits per heavy atom. The Morgan fingerprint density at radius 1 is 1.18 bits per heavy atom. The molecule has 2 N–H and O–H groups in total. The molecule has 2 aromatic heterocycles. The summed E-state index contributed by atoms with van der Waals surface area (Å²) in [6, 6.07) is 4.52. The number of hydrogen-bond donors (Lipinski definition) is 1. The molecule has 1 aliphatic rings. The fourth-order valence-electron chi connectivity index (χ4n) is 2.90. The van der Waals surface area contributed by atoms with Crippen molar-refractivity contribution >= 4 is 41.7 Å². The van der Waals surface area contributed by atoms with Crippen LogP contribution in [-0.4, -0.2) is 24.5 Å². The van der Waals surface area contributed by atoms with Crippen LogP contribution in [0.3, 0.4) is 0 Å². The van der Waals surface area contributed by atoms with Crippen molar-refractivity contribution in [3.8, 4) is 11.4 Å². The van der Waals surface area contributed by atoms with Gasteiger partial charge in [0.15, 0.2) is 0 Å². The molecule has 4 rings (SSSR count). The van der Waals surface area contributed by atoms with Gasteiger partial charge in [-0.25, -0.2) is 0 Å². The normalized spacial score (nSPS) is 14.3. The third-order valence-corrected chi connectivity index (χ3v) is 7.02. The Bertz CT molecular complexity index is 891. The zero-order valence-corrected chi connectivity index (χ0v) is 14.2. The molecule has 0 radical (unpaired) electrons. The molecule has 0 amide bonds. The van der Waals surface area contributed by atoms with E-state index in [-0.39, 0.29) is 19.5 Å². The van der Waals surface area contributed by atoms with Gasteiger partial charge in [-0.3, -0.25) is 0 Å². The number of nitrogen functional groups attached to an aromatic ring is 1. The molecule has 2 heterocycles. The van der Waals surface area contributed by atoms with Gasteiger partial charge in [-0.05, 0) is 0 Å². The third-order valence-electron chi connectivity index (χ3n) is 4.00. The zero-order chi connectivity index (χ0) is 15.3. The zero-order valence-electron chi connectivity index (χ0n) is 11.7. The van der Waals surface area contributed by atoms with Crippen molar-refractivity contribution in [2.75, 3.05) is 5.73 Å². The molecular weight excluding hydrogens is 368 g/mol. The van der Waals surface area contributed by atoms with E-state index < -0.39 is 5.82 Å². The second kappa shape index (κ2) is 5.34. The number of fused-ring (bicyclic) bond motifs is 3. The molecule has 112 valence electrons. The number of benzene rings is 1. The molecule has 3 nitrogen and oxygen atoms in total. The Balaban J connectivity index is 1.93. The van der Waals surface area contributed by atoms with Crippen LogP contribution in [0.15, 0.2) is 18.2 Å². The summed E-state index contributed by atoms with van der Waals surface area (Å²) in [4.78, 5) is 9.14. The minimum atomic E-state index is -0.444. The van der Waals surface area contributed by atoms with Gasteiger partial charge in [-0.2, -0.15) is 0 Å². The van der Waals surface area contributed by atoms with Gasteiger partial charge in [-0.1, -0.05) is 0 Å². The number of nitrogens with two attached hydrogens (primary N) is 1. The SMILES string of the molecule is Nc1nc(-c2ccc(F)c(Cl)c2)nc2c3c([se]c12)CCCC3. The topological polar surface area (TPSA) is 51.8 Å². The number of rotatable bonds is 1.